The van der Waals surface area contributed by atoms with Gasteiger partial charge in [-0.3, -0.25) is 0 Å². The molecule has 1 rings (SSSR count). The molecule has 1 N–H and O–H groups in total. The van der Waals surface area contributed by atoms with Crippen molar-refractivity contribution < 1.29 is 21.6 Å². The summed E-state index contributed by atoms with van der Waals surface area (Å²) in [7, 11) is -4.31. The van der Waals surface area contributed by atoms with Crippen LogP contribution in [0.5, 0.6) is 0 Å². The van der Waals surface area contributed by atoms with E-state index in [0.29, 0.717) is 10.5 Å². The molecule has 0 bridgehead atoms. The van der Waals surface area contributed by atoms with E-state index in [0.717, 1.165) is 12.1 Å². The Morgan fingerprint density at radius 1 is 1.42 bits per heavy atom. The van der Waals surface area contributed by atoms with Gasteiger partial charge in [-0.05, 0) is 18.2 Å². The Bertz CT molecular complexity index is 601. The van der Waals surface area contributed by atoms with Gasteiger partial charge in [0.05, 0.1) is 10.5 Å². The average molecular weight is 379 g/mol. The van der Waals surface area contributed by atoms with Crippen molar-refractivity contribution in [2.24, 2.45) is 0 Å². The Labute approximate surface area is 121 Å². The van der Waals surface area contributed by atoms with Crippen LogP contribution in [0.15, 0.2) is 34.2 Å². The molecule has 0 saturated carbocycles. The predicted molar refractivity (Wildman–Crippen MR) is 69.7 cm³/mol. The highest BCUT2D eigenvalue weighted by atomic mass is 79.9. The molecule has 0 radical (unpaired) electrons. The summed E-state index contributed by atoms with van der Waals surface area (Å²) in [5, 5.41) is -0.198. The van der Waals surface area contributed by atoms with Crippen molar-refractivity contribution in [3.8, 4) is 0 Å². The van der Waals surface area contributed by atoms with Gasteiger partial charge in [0.15, 0.2) is 0 Å². The summed E-state index contributed by atoms with van der Waals surface area (Å²) in [5.74, 6) is 0. The second-order valence-corrected chi connectivity index (χ2v) is 6.77. The Hall–Kier alpha value is -0.570. The summed E-state index contributed by atoms with van der Waals surface area (Å²) in [6.45, 7) is 3.16. The maximum absolute atomic E-state index is 12.8. The number of hydrogen-bond donors (Lipinski definition) is 1. The first-order chi connectivity index (χ1) is 8.54. The molecule has 0 unspecified atom stereocenters. The van der Waals surface area contributed by atoms with Crippen molar-refractivity contribution in [2.75, 3.05) is 6.54 Å². The normalized spacial score (nSPS) is 12.5. The molecule has 0 saturated heterocycles. The summed E-state index contributed by atoms with van der Waals surface area (Å²) in [6.07, 6.45) is -4.82. The van der Waals surface area contributed by atoms with Crippen molar-refractivity contribution in [1.29, 1.82) is 0 Å². The summed E-state index contributed by atoms with van der Waals surface area (Å²) in [5.41, 5.74) is -1.31. The molecule has 19 heavy (non-hydrogen) atoms. The molecule has 0 atom stereocenters. The molecule has 0 aliphatic rings. The highest BCUT2D eigenvalue weighted by Crippen LogP contribution is 2.35. The van der Waals surface area contributed by atoms with Crippen molar-refractivity contribution in [1.82, 2.24) is 4.72 Å². The largest absolute Gasteiger partial charge is 0.417 e. The van der Waals surface area contributed by atoms with Gasteiger partial charge in [-0.2, -0.15) is 13.2 Å². The lowest BCUT2D eigenvalue weighted by atomic mass is 10.2. The molecule has 0 amide bonds. The van der Waals surface area contributed by atoms with E-state index in [1.54, 1.807) is 0 Å². The van der Waals surface area contributed by atoms with Gasteiger partial charge in [0.1, 0.15) is 0 Å². The number of benzene rings is 1. The third kappa shape index (κ3) is 4.48. The molecule has 3 nitrogen and oxygen atoms in total. The number of rotatable bonds is 4. The van der Waals surface area contributed by atoms with Crippen molar-refractivity contribution >= 4 is 37.6 Å². The fourth-order valence-corrected chi connectivity index (χ4v) is 2.94. The molecule has 0 heterocycles. The van der Waals surface area contributed by atoms with Crippen LogP contribution in [-0.4, -0.2) is 15.0 Å². The SMILES string of the molecule is C=C(Br)CNS(=O)(=O)c1ccc(Cl)cc1C(F)(F)F. The van der Waals surface area contributed by atoms with E-state index < -0.39 is 26.7 Å². The average Bonchev–Trinajstić information content (AvgIpc) is 2.25. The second-order valence-electron chi connectivity index (χ2n) is 3.48. The number of nitrogens with one attached hydrogen (secondary N) is 1. The number of hydrogen-bond acceptors (Lipinski definition) is 2. The van der Waals surface area contributed by atoms with E-state index >= 15 is 0 Å². The van der Waals surface area contributed by atoms with Crippen LogP contribution in [0.4, 0.5) is 13.2 Å². The minimum atomic E-state index is -4.82. The summed E-state index contributed by atoms with van der Waals surface area (Å²) in [6, 6.07) is 2.46. The molecule has 0 aromatic heterocycles. The monoisotopic (exact) mass is 377 g/mol. The van der Waals surface area contributed by atoms with E-state index in [-0.39, 0.29) is 11.6 Å². The van der Waals surface area contributed by atoms with E-state index in [1.807, 2.05) is 4.72 Å². The van der Waals surface area contributed by atoms with Gasteiger partial charge in [0.25, 0.3) is 0 Å². The first kappa shape index (κ1) is 16.5. The highest BCUT2D eigenvalue weighted by Gasteiger charge is 2.37. The molecule has 0 aliphatic heterocycles. The topological polar surface area (TPSA) is 46.2 Å². The zero-order valence-corrected chi connectivity index (χ0v) is 12.4. The first-order valence-electron chi connectivity index (χ1n) is 4.74. The Balaban J connectivity index is 3.31. The van der Waals surface area contributed by atoms with Crippen LogP contribution in [0.2, 0.25) is 5.02 Å². The van der Waals surface area contributed by atoms with Crippen LogP contribution in [0.1, 0.15) is 5.56 Å². The maximum atomic E-state index is 12.8. The van der Waals surface area contributed by atoms with Gasteiger partial charge in [-0.15, -0.1) is 0 Å². The van der Waals surface area contributed by atoms with Crippen LogP contribution < -0.4 is 4.72 Å². The molecule has 0 aliphatic carbocycles. The van der Waals surface area contributed by atoms with Crippen molar-refractivity contribution in [2.45, 2.75) is 11.1 Å². The van der Waals surface area contributed by atoms with E-state index in [4.69, 9.17) is 11.6 Å². The number of alkyl halides is 3. The van der Waals surface area contributed by atoms with E-state index in [9.17, 15) is 21.6 Å². The zero-order valence-electron chi connectivity index (χ0n) is 9.26. The van der Waals surface area contributed by atoms with E-state index in [2.05, 4.69) is 22.5 Å². The van der Waals surface area contributed by atoms with Gasteiger partial charge >= 0.3 is 6.18 Å². The molecule has 1 aromatic carbocycles. The molecular weight excluding hydrogens is 371 g/mol. The first-order valence-corrected chi connectivity index (χ1v) is 7.39. The van der Waals surface area contributed by atoms with Crippen LogP contribution in [0.25, 0.3) is 0 Å². The Morgan fingerprint density at radius 3 is 2.47 bits per heavy atom. The molecule has 9 heteroatoms. The van der Waals surface area contributed by atoms with Crippen LogP contribution in [0.3, 0.4) is 0 Å². The van der Waals surface area contributed by atoms with Gasteiger partial charge in [-0.25, -0.2) is 13.1 Å². The van der Waals surface area contributed by atoms with Gasteiger partial charge in [0, 0.05) is 16.0 Å². The third-order valence-corrected chi connectivity index (χ3v) is 3.97. The smallest absolute Gasteiger partial charge is 0.207 e. The molecule has 106 valence electrons. The fourth-order valence-electron chi connectivity index (χ4n) is 1.21. The van der Waals surface area contributed by atoms with Gasteiger partial charge in [-0.1, -0.05) is 34.1 Å². The lowest BCUT2D eigenvalue weighted by molar-refractivity contribution is -0.139. The predicted octanol–water partition coefficient (Wildman–Crippen LogP) is 3.55. The molecule has 1 aromatic rings. The van der Waals surface area contributed by atoms with Crippen molar-refractivity contribution in [3.05, 3.63) is 39.8 Å². The fraction of sp³-hybridized carbons (Fsp3) is 0.200. The lowest BCUT2D eigenvalue weighted by Gasteiger charge is -2.14. The molecular formula is C10H8BrClF3NO2S. The summed E-state index contributed by atoms with van der Waals surface area (Å²) in [4.78, 5) is -0.877. The Kier molecular flexibility index (Phi) is 5.05. The maximum Gasteiger partial charge on any atom is 0.417 e. The second kappa shape index (κ2) is 5.82. The van der Waals surface area contributed by atoms with Crippen LogP contribution >= 0.6 is 27.5 Å². The summed E-state index contributed by atoms with van der Waals surface area (Å²) < 4.78 is 64.2. The van der Waals surface area contributed by atoms with E-state index in [1.165, 1.54) is 0 Å². The molecule has 0 fully saturated rings. The van der Waals surface area contributed by atoms with Gasteiger partial charge in [0.2, 0.25) is 10.0 Å². The minimum Gasteiger partial charge on any atom is -0.207 e. The number of sulfonamides is 1. The van der Waals surface area contributed by atoms with Crippen LogP contribution in [0, 0.1) is 0 Å². The van der Waals surface area contributed by atoms with Gasteiger partial charge < -0.3 is 0 Å². The molecule has 0 spiro atoms. The highest BCUT2D eigenvalue weighted by molar-refractivity contribution is 9.11. The quantitative estimate of drug-likeness (QED) is 0.871. The summed E-state index contributed by atoms with van der Waals surface area (Å²) >= 11 is 8.37. The Morgan fingerprint density at radius 2 is 2.00 bits per heavy atom. The third-order valence-electron chi connectivity index (χ3n) is 1.99. The minimum absolute atomic E-state index is 0.198. The number of halogens is 5. The van der Waals surface area contributed by atoms with Crippen molar-refractivity contribution in [3.63, 3.8) is 0 Å². The van der Waals surface area contributed by atoms with Crippen LogP contribution in [-0.2, 0) is 16.2 Å². The lowest BCUT2D eigenvalue weighted by Crippen LogP contribution is -2.27. The zero-order chi connectivity index (χ0) is 14.8. The standard InChI is InChI=1S/C10H8BrClF3NO2S/c1-6(11)5-16-19(17,18)9-3-2-7(12)4-8(9)10(13,14)15/h2-4,16H,1,5H2.